The van der Waals surface area contributed by atoms with Crippen molar-refractivity contribution >= 4 is 11.6 Å². The van der Waals surface area contributed by atoms with Crippen LogP contribution in [0.3, 0.4) is 0 Å². The molecule has 17 heavy (non-hydrogen) atoms. The number of likely N-dealkylation sites (N-methyl/N-ethyl adjacent to an activating group) is 1. The minimum absolute atomic E-state index is 0.00276. The molecule has 0 fully saturated rings. The highest BCUT2D eigenvalue weighted by atomic mass is 35.5. The van der Waals surface area contributed by atoms with Crippen molar-refractivity contribution in [1.82, 2.24) is 4.90 Å². The quantitative estimate of drug-likeness (QED) is 0.800. The van der Waals surface area contributed by atoms with Crippen molar-refractivity contribution in [3.8, 4) is 5.75 Å². The number of ether oxygens (including phenoxy) is 1. The van der Waals surface area contributed by atoms with Gasteiger partial charge < -0.3 is 21.1 Å². The van der Waals surface area contributed by atoms with Crippen molar-refractivity contribution in [2.24, 2.45) is 11.5 Å². The Balaban J connectivity index is 2.62. The third-order valence-electron chi connectivity index (χ3n) is 2.55. The van der Waals surface area contributed by atoms with Gasteiger partial charge in [-0.05, 0) is 24.7 Å². The summed E-state index contributed by atoms with van der Waals surface area (Å²) in [6.07, 6.45) is 0. The molecule has 0 radical (unpaired) electrons. The second-order valence-electron chi connectivity index (χ2n) is 4.15. The number of rotatable bonds is 6. The first-order valence-electron chi connectivity index (χ1n) is 5.53. The Bertz CT molecular complexity index is 360. The Labute approximate surface area is 107 Å². The van der Waals surface area contributed by atoms with Crippen LogP contribution in [0, 0.1) is 0 Å². The van der Waals surface area contributed by atoms with Gasteiger partial charge in [0.05, 0.1) is 7.11 Å². The van der Waals surface area contributed by atoms with Crippen LogP contribution in [0.4, 0.5) is 0 Å². The van der Waals surface area contributed by atoms with E-state index in [2.05, 4.69) is 4.90 Å². The number of nitrogens with two attached hydrogens (primary N) is 2. The first-order valence-corrected chi connectivity index (χ1v) is 5.91. The molecule has 1 atom stereocenters. The Hall–Kier alpha value is -0.810. The van der Waals surface area contributed by atoms with Crippen LogP contribution < -0.4 is 16.2 Å². The van der Waals surface area contributed by atoms with Crippen molar-refractivity contribution < 1.29 is 4.74 Å². The molecule has 1 rings (SSSR count). The second-order valence-corrected chi connectivity index (χ2v) is 4.56. The van der Waals surface area contributed by atoms with Crippen LogP contribution in [-0.4, -0.2) is 38.2 Å². The van der Waals surface area contributed by atoms with Crippen LogP contribution >= 0.6 is 11.6 Å². The van der Waals surface area contributed by atoms with Crippen molar-refractivity contribution in [3.05, 3.63) is 28.8 Å². The van der Waals surface area contributed by atoms with E-state index in [0.717, 1.165) is 24.4 Å². The van der Waals surface area contributed by atoms with E-state index in [1.807, 2.05) is 25.2 Å². The summed E-state index contributed by atoms with van der Waals surface area (Å²) in [5.41, 5.74) is 12.3. The predicted molar refractivity (Wildman–Crippen MR) is 71.4 cm³/mol. The monoisotopic (exact) mass is 257 g/mol. The highest BCUT2D eigenvalue weighted by Gasteiger charge is 2.08. The van der Waals surface area contributed by atoms with Gasteiger partial charge >= 0.3 is 0 Å². The lowest BCUT2D eigenvalue weighted by atomic mass is 10.2. The molecule has 0 aliphatic rings. The molecule has 0 aliphatic carbocycles. The average molecular weight is 258 g/mol. The highest BCUT2D eigenvalue weighted by molar-refractivity contribution is 6.31. The molecule has 5 heteroatoms. The van der Waals surface area contributed by atoms with Crippen molar-refractivity contribution in [3.63, 3.8) is 0 Å². The van der Waals surface area contributed by atoms with Crippen LogP contribution in [0.5, 0.6) is 5.75 Å². The van der Waals surface area contributed by atoms with Gasteiger partial charge in [0.15, 0.2) is 0 Å². The maximum Gasteiger partial charge on any atom is 0.120 e. The van der Waals surface area contributed by atoms with Gasteiger partial charge in [-0.25, -0.2) is 0 Å². The molecule has 0 bridgehead atoms. The van der Waals surface area contributed by atoms with Gasteiger partial charge in [-0.1, -0.05) is 17.7 Å². The molecule has 0 saturated heterocycles. The maximum absolute atomic E-state index is 6.16. The van der Waals surface area contributed by atoms with Crippen LogP contribution in [0.1, 0.15) is 5.56 Å². The number of nitrogens with zero attached hydrogens (tertiary/aromatic N) is 1. The summed E-state index contributed by atoms with van der Waals surface area (Å²) in [7, 11) is 3.62. The van der Waals surface area contributed by atoms with E-state index in [0.29, 0.717) is 11.6 Å². The lowest BCUT2D eigenvalue weighted by molar-refractivity contribution is 0.305. The van der Waals surface area contributed by atoms with E-state index in [4.69, 9.17) is 27.8 Å². The first kappa shape index (κ1) is 14.3. The van der Waals surface area contributed by atoms with Gasteiger partial charge in [0.25, 0.3) is 0 Å². The molecule has 1 aromatic rings. The van der Waals surface area contributed by atoms with E-state index < -0.39 is 0 Å². The number of hydrogen-bond acceptors (Lipinski definition) is 4. The van der Waals surface area contributed by atoms with Crippen LogP contribution in [0.25, 0.3) is 0 Å². The van der Waals surface area contributed by atoms with Crippen LogP contribution in [0.2, 0.25) is 5.02 Å². The van der Waals surface area contributed by atoms with Gasteiger partial charge in [-0.15, -0.1) is 0 Å². The topological polar surface area (TPSA) is 64.5 Å². The van der Waals surface area contributed by atoms with Gasteiger partial charge in [-0.3, -0.25) is 0 Å². The number of benzene rings is 1. The van der Waals surface area contributed by atoms with E-state index in [9.17, 15) is 0 Å². The minimum atomic E-state index is -0.00276. The summed E-state index contributed by atoms with van der Waals surface area (Å²) < 4.78 is 5.10. The molecule has 4 N–H and O–H groups in total. The Morgan fingerprint density at radius 2 is 2.18 bits per heavy atom. The molecule has 0 amide bonds. The SMILES string of the molecule is COc1ccc(CN(C)CC(N)CN)c(Cl)c1. The number of hydrogen-bond donors (Lipinski definition) is 2. The van der Waals surface area contributed by atoms with E-state index in [-0.39, 0.29) is 6.04 Å². The summed E-state index contributed by atoms with van der Waals surface area (Å²) in [6, 6.07) is 5.67. The van der Waals surface area contributed by atoms with Gasteiger partial charge in [-0.2, -0.15) is 0 Å². The fourth-order valence-corrected chi connectivity index (χ4v) is 1.84. The van der Waals surface area contributed by atoms with E-state index in [1.165, 1.54) is 0 Å². The molecular weight excluding hydrogens is 238 g/mol. The van der Waals surface area contributed by atoms with Gasteiger partial charge in [0.2, 0.25) is 0 Å². The fraction of sp³-hybridized carbons (Fsp3) is 0.500. The molecule has 4 nitrogen and oxygen atoms in total. The maximum atomic E-state index is 6.16. The minimum Gasteiger partial charge on any atom is -0.497 e. The standard InChI is InChI=1S/C12H20ClN3O/c1-16(8-10(15)6-14)7-9-3-4-11(17-2)5-12(9)13/h3-5,10H,6-8,14-15H2,1-2H3. The molecular formula is C12H20ClN3O. The molecule has 1 aromatic carbocycles. The van der Waals surface area contributed by atoms with Crippen LogP contribution in [-0.2, 0) is 6.54 Å². The summed E-state index contributed by atoms with van der Waals surface area (Å²) in [5, 5.41) is 0.706. The largest absolute Gasteiger partial charge is 0.497 e. The third kappa shape index (κ3) is 4.52. The second kappa shape index (κ2) is 6.81. The van der Waals surface area contributed by atoms with E-state index >= 15 is 0 Å². The zero-order valence-electron chi connectivity index (χ0n) is 10.3. The molecule has 0 heterocycles. The Kier molecular flexibility index (Phi) is 5.71. The summed E-state index contributed by atoms with van der Waals surface area (Å²) in [6.45, 7) is 1.98. The number of methoxy groups -OCH3 is 1. The van der Waals surface area contributed by atoms with Crippen molar-refractivity contribution in [2.45, 2.75) is 12.6 Å². The smallest absolute Gasteiger partial charge is 0.120 e. The van der Waals surface area contributed by atoms with Crippen molar-refractivity contribution in [1.29, 1.82) is 0 Å². The fourth-order valence-electron chi connectivity index (χ4n) is 1.61. The molecule has 0 spiro atoms. The average Bonchev–Trinajstić information content (AvgIpc) is 2.31. The highest BCUT2D eigenvalue weighted by Crippen LogP contribution is 2.23. The summed E-state index contributed by atoms with van der Waals surface area (Å²) in [4.78, 5) is 2.10. The molecule has 0 aliphatic heterocycles. The first-order chi connectivity index (χ1) is 8.06. The van der Waals surface area contributed by atoms with Crippen molar-refractivity contribution in [2.75, 3.05) is 27.2 Å². The third-order valence-corrected chi connectivity index (χ3v) is 2.90. The Morgan fingerprint density at radius 1 is 1.47 bits per heavy atom. The molecule has 0 aromatic heterocycles. The van der Waals surface area contributed by atoms with Crippen LogP contribution in [0.15, 0.2) is 18.2 Å². The zero-order valence-corrected chi connectivity index (χ0v) is 11.1. The zero-order chi connectivity index (χ0) is 12.8. The van der Waals surface area contributed by atoms with Gasteiger partial charge in [0, 0.05) is 30.7 Å². The lowest BCUT2D eigenvalue weighted by Gasteiger charge is -2.21. The molecule has 96 valence electrons. The number of halogens is 1. The molecule has 1 unspecified atom stereocenters. The summed E-state index contributed by atoms with van der Waals surface area (Å²) >= 11 is 6.16. The van der Waals surface area contributed by atoms with E-state index in [1.54, 1.807) is 7.11 Å². The summed E-state index contributed by atoms with van der Waals surface area (Å²) in [5.74, 6) is 0.764. The normalized spacial score (nSPS) is 12.8. The lowest BCUT2D eigenvalue weighted by Crippen LogP contribution is -2.40. The van der Waals surface area contributed by atoms with Gasteiger partial charge in [0.1, 0.15) is 5.75 Å². The Morgan fingerprint density at radius 3 is 2.71 bits per heavy atom. The predicted octanol–water partition coefficient (Wildman–Crippen LogP) is 1.07. The molecule has 0 saturated carbocycles.